The molecule has 0 bridgehead atoms. The molecule has 1 saturated carbocycles. The SMILES string of the molecule is Cc1nn(C(C)C)c(C)c1CC(=O)NS(=O)(=O)C1(C)CC1. The van der Waals surface area contributed by atoms with E-state index in [1.165, 1.54) is 0 Å². The third kappa shape index (κ3) is 2.97. The Morgan fingerprint density at radius 2 is 1.95 bits per heavy atom. The van der Waals surface area contributed by atoms with Crippen molar-refractivity contribution in [1.29, 1.82) is 0 Å². The molecule has 21 heavy (non-hydrogen) atoms. The van der Waals surface area contributed by atoms with Crippen molar-refractivity contribution >= 4 is 15.9 Å². The number of sulfonamides is 1. The van der Waals surface area contributed by atoms with Gasteiger partial charge in [-0.3, -0.25) is 14.2 Å². The molecule has 0 spiro atoms. The number of carbonyl (C=O) groups is 1. The van der Waals surface area contributed by atoms with Crippen LogP contribution in [0.1, 0.15) is 56.6 Å². The van der Waals surface area contributed by atoms with E-state index in [1.807, 2.05) is 32.4 Å². The van der Waals surface area contributed by atoms with Gasteiger partial charge in [-0.15, -0.1) is 0 Å². The van der Waals surface area contributed by atoms with Gasteiger partial charge in [0.05, 0.1) is 16.9 Å². The number of nitrogens with one attached hydrogen (secondary N) is 1. The van der Waals surface area contributed by atoms with Crippen molar-refractivity contribution in [3.63, 3.8) is 0 Å². The van der Waals surface area contributed by atoms with Crippen molar-refractivity contribution in [2.24, 2.45) is 0 Å². The third-order valence-electron chi connectivity index (χ3n) is 4.15. The number of aryl methyl sites for hydroxylation is 1. The first kappa shape index (κ1) is 16.0. The highest BCUT2D eigenvalue weighted by molar-refractivity contribution is 7.91. The van der Waals surface area contributed by atoms with Crippen molar-refractivity contribution in [2.45, 2.75) is 64.7 Å². The Bertz CT molecular complexity index is 670. The second-order valence-electron chi connectivity index (χ2n) is 6.34. The highest BCUT2D eigenvalue weighted by atomic mass is 32.2. The fraction of sp³-hybridized carbons (Fsp3) is 0.714. The summed E-state index contributed by atoms with van der Waals surface area (Å²) < 4.78 is 27.4. The Hall–Kier alpha value is -1.37. The molecule has 0 aliphatic heterocycles. The van der Waals surface area contributed by atoms with Crippen LogP contribution in [0.4, 0.5) is 0 Å². The zero-order valence-electron chi connectivity index (χ0n) is 13.2. The predicted molar refractivity (Wildman–Crippen MR) is 80.5 cm³/mol. The molecule has 1 aliphatic rings. The van der Waals surface area contributed by atoms with Crippen molar-refractivity contribution in [2.75, 3.05) is 0 Å². The number of hydrogen-bond donors (Lipinski definition) is 1. The normalized spacial score (nSPS) is 17.0. The highest BCUT2D eigenvalue weighted by Gasteiger charge is 2.50. The maximum atomic E-state index is 12.1. The molecule has 1 aliphatic carbocycles. The van der Waals surface area contributed by atoms with E-state index in [-0.39, 0.29) is 12.5 Å². The molecule has 6 nitrogen and oxygen atoms in total. The Labute approximate surface area is 126 Å². The monoisotopic (exact) mass is 313 g/mol. The quantitative estimate of drug-likeness (QED) is 0.895. The van der Waals surface area contributed by atoms with Crippen LogP contribution in [0.15, 0.2) is 0 Å². The number of rotatable bonds is 5. The molecule has 1 N–H and O–H groups in total. The van der Waals surface area contributed by atoms with Crippen LogP contribution in [0.5, 0.6) is 0 Å². The second-order valence-corrected chi connectivity index (χ2v) is 8.54. The number of aromatic nitrogens is 2. The summed E-state index contributed by atoms with van der Waals surface area (Å²) >= 11 is 0. The lowest BCUT2D eigenvalue weighted by Gasteiger charge is -2.12. The number of nitrogens with zero attached hydrogens (tertiary/aromatic N) is 2. The summed E-state index contributed by atoms with van der Waals surface area (Å²) in [4.78, 5) is 12.1. The van der Waals surface area contributed by atoms with Gasteiger partial charge in [0.2, 0.25) is 15.9 Å². The molecule has 1 fully saturated rings. The van der Waals surface area contributed by atoms with Crippen molar-refractivity contribution < 1.29 is 13.2 Å². The lowest BCUT2D eigenvalue weighted by atomic mass is 10.1. The molecular weight excluding hydrogens is 290 g/mol. The summed E-state index contributed by atoms with van der Waals surface area (Å²) in [5.74, 6) is -0.488. The van der Waals surface area contributed by atoms with Crippen LogP contribution in [0.25, 0.3) is 0 Å². The van der Waals surface area contributed by atoms with E-state index in [1.54, 1.807) is 6.92 Å². The Balaban J connectivity index is 2.14. The van der Waals surface area contributed by atoms with Crippen molar-refractivity contribution in [1.82, 2.24) is 14.5 Å². The minimum Gasteiger partial charge on any atom is -0.274 e. The predicted octanol–water partition coefficient (Wildman–Crippen LogP) is 1.62. The maximum Gasteiger partial charge on any atom is 0.240 e. The standard InChI is InChI=1S/C14H23N3O3S/c1-9(2)17-11(4)12(10(3)15-17)8-13(18)16-21(19,20)14(5)6-7-14/h9H,6-8H2,1-5H3,(H,16,18). The first-order chi connectivity index (χ1) is 9.57. The molecule has 1 aromatic rings. The highest BCUT2D eigenvalue weighted by Crippen LogP contribution is 2.42. The van der Waals surface area contributed by atoms with Gasteiger partial charge in [-0.25, -0.2) is 8.42 Å². The summed E-state index contributed by atoms with van der Waals surface area (Å²) in [7, 11) is -3.57. The molecule has 118 valence electrons. The Morgan fingerprint density at radius 1 is 1.38 bits per heavy atom. The number of amides is 1. The molecule has 2 rings (SSSR count). The van der Waals surface area contributed by atoms with Gasteiger partial charge in [0.15, 0.2) is 0 Å². The van der Waals surface area contributed by atoms with Gasteiger partial charge in [-0.2, -0.15) is 5.10 Å². The molecule has 0 saturated heterocycles. The lowest BCUT2D eigenvalue weighted by molar-refractivity contribution is -0.118. The summed E-state index contributed by atoms with van der Waals surface area (Å²) in [6.07, 6.45) is 1.26. The molecule has 1 aromatic heterocycles. The molecule has 1 amide bonds. The smallest absolute Gasteiger partial charge is 0.240 e. The van der Waals surface area contributed by atoms with Gasteiger partial charge < -0.3 is 0 Å². The van der Waals surface area contributed by atoms with Gasteiger partial charge in [0.25, 0.3) is 0 Å². The minimum atomic E-state index is -3.57. The van der Waals surface area contributed by atoms with E-state index in [4.69, 9.17) is 0 Å². The molecule has 0 atom stereocenters. The van der Waals surface area contributed by atoms with Crippen molar-refractivity contribution in [3.05, 3.63) is 17.0 Å². The van der Waals surface area contributed by atoms with Gasteiger partial charge in [-0.05, 0) is 47.5 Å². The maximum absolute atomic E-state index is 12.1. The van der Waals surface area contributed by atoms with Gasteiger partial charge in [-0.1, -0.05) is 0 Å². The molecule has 1 heterocycles. The van der Waals surface area contributed by atoms with E-state index in [0.717, 1.165) is 17.0 Å². The van der Waals surface area contributed by atoms with E-state index in [2.05, 4.69) is 9.82 Å². The zero-order chi connectivity index (χ0) is 16.0. The van der Waals surface area contributed by atoms with Gasteiger partial charge in [0, 0.05) is 17.3 Å². The van der Waals surface area contributed by atoms with Crippen LogP contribution in [-0.2, 0) is 21.2 Å². The Kier molecular flexibility index (Phi) is 3.90. The largest absolute Gasteiger partial charge is 0.274 e. The molecule has 0 radical (unpaired) electrons. The summed E-state index contributed by atoms with van der Waals surface area (Å²) in [5.41, 5.74) is 2.48. The summed E-state index contributed by atoms with van der Waals surface area (Å²) in [5, 5.41) is 4.41. The fourth-order valence-electron chi connectivity index (χ4n) is 2.37. The topological polar surface area (TPSA) is 81.1 Å². The lowest BCUT2D eigenvalue weighted by Crippen LogP contribution is -2.39. The van der Waals surface area contributed by atoms with Gasteiger partial charge >= 0.3 is 0 Å². The minimum absolute atomic E-state index is 0.0414. The molecule has 0 unspecified atom stereocenters. The average Bonchev–Trinajstić information content (AvgIpc) is 3.05. The molecule has 7 heteroatoms. The molecular formula is C14H23N3O3S. The van der Waals surface area contributed by atoms with Gasteiger partial charge in [0.1, 0.15) is 0 Å². The molecule has 0 aromatic carbocycles. The number of hydrogen-bond acceptors (Lipinski definition) is 4. The van der Waals surface area contributed by atoms with E-state index in [0.29, 0.717) is 12.8 Å². The second kappa shape index (κ2) is 5.12. The van der Waals surface area contributed by atoms with Crippen LogP contribution < -0.4 is 4.72 Å². The van der Waals surface area contributed by atoms with E-state index in [9.17, 15) is 13.2 Å². The first-order valence-corrected chi connectivity index (χ1v) is 8.65. The first-order valence-electron chi connectivity index (χ1n) is 7.17. The number of carbonyl (C=O) groups excluding carboxylic acids is 1. The van der Waals surface area contributed by atoms with Crippen molar-refractivity contribution in [3.8, 4) is 0 Å². The van der Waals surface area contributed by atoms with E-state index < -0.39 is 20.7 Å². The van der Waals surface area contributed by atoms with Crippen LogP contribution in [0.2, 0.25) is 0 Å². The van der Waals surface area contributed by atoms with E-state index >= 15 is 0 Å². The third-order valence-corrected chi connectivity index (χ3v) is 6.35. The van der Waals surface area contributed by atoms with Crippen LogP contribution >= 0.6 is 0 Å². The van der Waals surface area contributed by atoms with Crippen LogP contribution in [0, 0.1) is 13.8 Å². The van der Waals surface area contributed by atoms with Crippen LogP contribution in [-0.4, -0.2) is 28.9 Å². The summed E-state index contributed by atoms with van der Waals surface area (Å²) in [6.45, 7) is 9.43. The van der Waals surface area contributed by atoms with Crippen LogP contribution in [0.3, 0.4) is 0 Å². The fourth-order valence-corrected chi connectivity index (χ4v) is 3.63. The average molecular weight is 313 g/mol. The summed E-state index contributed by atoms with van der Waals surface area (Å²) in [6, 6.07) is 0.203. The zero-order valence-corrected chi connectivity index (χ0v) is 14.0. The Morgan fingerprint density at radius 3 is 2.38 bits per heavy atom.